The third-order valence-electron chi connectivity index (χ3n) is 3.84. The van der Waals surface area contributed by atoms with Crippen LogP contribution in [0.3, 0.4) is 0 Å². The largest absolute Gasteiger partial charge is 0.507 e. The second-order valence-electron chi connectivity index (χ2n) is 5.88. The molecule has 0 aliphatic heterocycles. The van der Waals surface area contributed by atoms with Crippen molar-refractivity contribution < 1.29 is 14.7 Å². The lowest BCUT2D eigenvalue weighted by atomic mass is 10.1. The zero-order valence-electron chi connectivity index (χ0n) is 14.3. The molecular weight excluding hydrogens is 344 g/mol. The predicted octanol–water partition coefficient (Wildman–Crippen LogP) is 3.06. The van der Waals surface area contributed by atoms with E-state index in [9.17, 15) is 14.7 Å². The minimum atomic E-state index is -0.497. The molecule has 0 aromatic heterocycles. The molecule has 7 heteroatoms. The van der Waals surface area contributed by atoms with E-state index >= 15 is 0 Å². The Labute approximate surface area is 155 Å². The summed E-state index contributed by atoms with van der Waals surface area (Å²) in [6.07, 6.45) is 0. The number of carbonyl (C=O) groups excluding carboxylic acids is 2. The Morgan fingerprint density at radius 2 is 1.19 bits per heavy atom. The summed E-state index contributed by atoms with van der Waals surface area (Å²) in [4.78, 5) is 24.6. The minimum Gasteiger partial charge on any atom is -0.507 e. The van der Waals surface area contributed by atoms with Crippen LogP contribution in [0.1, 0.15) is 20.7 Å². The van der Waals surface area contributed by atoms with E-state index in [1.165, 1.54) is 18.2 Å². The zero-order chi connectivity index (χ0) is 19.4. The van der Waals surface area contributed by atoms with Crippen molar-refractivity contribution in [3.05, 3.63) is 77.9 Å². The fraction of sp³-hybridized carbons (Fsp3) is 0. The van der Waals surface area contributed by atoms with Crippen molar-refractivity contribution in [3.63, 3.8) is 0 Å². The van der Waals surface area contributed by atoms with E-state index in [-0.39, 0.29) is 16.9 Å². The number of nitrogens with one attached hydrogen (secondary N) is 2. The molecule has 3 aromatic rings. The Hall–Kier alpha value is -4.00. The van der Waals surface area contributed by atoms with Gasteiger partial charge in [-0.1, -0.05) is 0 Å². The topological polar surface area (TPSA) is 130 Å². The van der Waals surface area contributed by atoms with E-state index in [1.807, 2.05) is 0 Å². The number of amides is 2. The summed E-state index contributed by atoms with van der Waals surface area (Å²) in [5.74, 6) is -1.21. The highest BCUT2D eigenvalue weighted by molar-refractivity contribution is 6.08. The molecule has 0 aliphatic rings. The number of anilines is 4. The van der Waals surface area contributed by atoms with Crippen LogP contribution in [-0.2, 0) is 0 Å². The first-order valence-corrected chi connectivity index (χ1v) is 8.09. The lowest BCUT2D eigenvalue weighted by Crippen LogP contribution is -2.14. The number of benzene rings is 3. The molecule has 136 valence electrons. The number of hydrogen-bond donors (Lipinski definition) is 5. The van der Waals surface area contributed by atoms with Gasteiger partial charge in [0.2, 0.25) is 0 Å². The van der Waals surface area contributed by atoms with Gasteiger partial charge in [-0.25, -0.2) is 0 Å². The van der Waals surface area contributed by atoms with Crippen molar-refractivity contribution in [1.29, 1.82) is 0 Å². The summed E-state index contributed by atoms with van der Waals surface area (Å²) in [6, 6.07) is 17.4. The van der Waals surface area contributed by atoms with Crippen molar-refractivity contribution in [2.24, 2.45) is 0 Å². The first kappa shape index (κ1) is 17.8. The van der Waals surface area contributed by atoms with Crippen molar-refractivity contribution in [2.75, 3.05) is 22.1 Å². The first-order chi connectivity index (χ1) is 12.9. The van der Waals surface area contributed by atoms with Gasteiger partial charge in [-0.15, -0.1) is 0 Å². The summed E-state index contributed by atoms with van der Waals surface area (Å²) in [7, 11) is 0. The van der Waals surface area contributed by atoms with Crippen molar-refractivity contribution >= 4 is 34.6 Å². The highest BCUT2D eigenvalue weighted by atomic mass is 16.3. The van der Waals surface area contributed by atoms with Gasteiger partial charge in [-0.05, 0) is 66.7 Å². The minimum absolute atomic E-state index is 0.0517. The fourth-order valence-corrected chi connectivity index (χ4v) is 2.40. The summed E-state index contributed by atoms with van der Waals surface area (Å²) in [5, 5.41) is 15.5. The fourth-order valence-electron chi connectivity index (χ4n) is 2.40. The molecule has 0 fully saturated rings. The Kier molecular flexibility index (Phi) is 4.94. The van der Waals surface area contributed by atoms with Gasteiger partial charge in [0.05, 0.1) is 5.56 Å². The van der Waals surface area contributed by atoms with Crippen LogP contribution in [0.2, 0.25) is 0 Å². The van der Waals surface area contributed by atoms with Gasteiger partial charge in [0, 0.05) is 28.3 Å². The number of phenols is 1. The van der Waals surface area contributed by atoms with E-state index in [2.05, 4.69) is 10.6 Å². The molecular formula is C20H18N4O3. The lowest BCUT2D eigenvalue weighted by Gasteiger charge is -2.09. The van der Waals surface area contributed by atoms with E-state index < -0.39 is 11.8 Å². The maximum atomic E-state index is 12.3. The summed E-state index contributed by atoms with van der Waals surface area (Å²) >= 11 is 0. The number of phenolic OH excluding ortho intramolecular Hbond substituents is 1. The summed E-state index contributed by atoms with van der Waals surface area (Å²) < 4.78 is 0. The molecule has 0 saturated carbocycles. The van der Waals surface area contributed by atoms with E-state index in [4.69, 9.17) is 11.5 Å². The molecule has 0 spiro atoms. The monoisotopic (exact) mass is 362 g/mol. The van der Waals surface area contributed by atoms with E-state index in [0.29, 0.717) is 22.7 Å². The molecule has 0 radical (unpaired) electrons. The van der Waals surface area contributed by atoms with Crippen molar-refractivity contribution in [3.8, 4) is 5.75 Å². The second-order valence-corrected chi connectivity index (χ2v) is 5.88. The predicted molar refractivity (Wildman–Crippen MR) is 106 cm³/mol. The average Bonchev–Trinajstić information content (AvgIpc) is 2.65. The van der Waals surface area contributed by atoms with Crippen molar-refractivity contribution in [2.45, 2.75) is 0 Å². The van der Waals surface area contributed by atoms with Crippen LogP contribution in [-0.4, -0.2) is 16.9 Å². The van der Waals surface area contributed by atoms with Crippen LogP contribution < -0.4 is 22.1 Å². The third kappa shape index (κ3) is 4.35. The SMILES string of the molecule is Nc1ccc(NC(=O)c2ccc(C(=O)Nc3ccc(N)cc3)c(O)c2)cc1. The Morgan fingerprint density at radius 1 is 0.704 bits per heavy atom. The Morgan fingerprint density at radius 3 is 1.67 bits per heavy atom. The highest BCUT2D eigenvalue weighted by Crippen LogP contribution is 2.22. The summed E-state index contributed by atoms with van der Waals surface area (Å²) in [6.45, 7) is 0. The molecule has 0 atom stereocenters. The van der Waals surface area contributed by atoms with Gasteiger partial charge in [-0.3, -0.25) is 9.59 Å². The van der Waals surface area contributed by atoms with E-state index in [0.717, 1.165) is 0 Å². The van der Waals surface area contributed by atoms with E-state index in [1.54, 1.807) is 48.5 Å². The van der Waals surface area contributed by atoms with Crippen LogP contribution >= 0.6 is 0 Å². The number of carbonyl (C=O) groups is 2. The van der Waals surface area contributed by atoms with Gasteiger partial charge in [0.1, 0.15) is 5.75 Å². The van der Waals surface area contributed by atoms with Crippen LogP contribution in [0, 0.1) is 0 Å². The molecule has 7 nitrogen and oxygen atoms in total. The molecule has 27 heavy (non-hydrogen) atoms. The van der Waals surface area contributed by atoms with Crippen LogP contribution in [0.25, 0.3) is 0 Å². The Bertz CT molecular complexity index is 983. The smallest absolute Gasteiger partial charge is 0.259 e. The maximum absolute atomic E-state index is 12.3. The number of hydrogen-bond acceptors (Lipinski definition) is 5. The highest BCUT2D eigenvalue weighted by Gasteiger charge is 2.15. The van der Waals surface area contributed by atoms with Gasteiger partial charge in [-0.2, -0.15) is 0 Å². The molecule has 7 N–H and O–H groups in total. The molecule has 0 bridgehead atoms. The normalized spacial score (nSPS) is 10.2. The number of aromatic hydroxyl groups is 1. The Balaban J connectivity index is 1.72. The van der Waals surface area contributed by atoms with Gasteiger partial charge in [0.15, 0.2) is 0 Å². The third-order valence-corrected chi connectivity index (χ3v) is 3.84. The van der Waals surface area contributed by atoms with Crippen LogP contribution in [0.5, 0.6) is 5.75 Å². The summed E-state index contributed by atoms with van der Waals surface area (Å²) in [5.41, 5.74) is 13.7. The van der Waals surface area contributed by atoms with Gasteiger partial charge >= 0.3 is 0 Å². The van der Waals surface area contributed by atoms with Gasteiger partial charge in [0.25, 0.3) is 11.8 Å². The molecule has 0 saturated heterocycles. The number of nitrogens with two attached hydrogens (primary N) is 2. The van der Waals surface area contributed by atoms with Gasteiger partial charge < -0.3 is 27.2 Å². The molecule has 0 aliphatic carbocycles. The zero-order valence-corrected chi connectivity index (χ0v) is 14.3. The maximum Gasteiger partial charge on any atom is 0.259 e. The number of nitrogen functional groups attached to an aromatic ring is 2. The quantitative estimate of drug-likeness (QED) is 0.455. The molecule has 2 amide bonds. The van der Waals surface area contributed by atoms with Crippen LogP contribution in [0.4, 0.5) is 22.7 Å². The molecule has 0 heterocycles. The molecule has 0 unspecified atom stereocenters. The first-order valence-electron chi connectivity index (χ1n) is 8.09. The average molecular weight is 362 g/mol. The van der Waals surface area contributed by atoms with Crippen LogP contribution in [0.15, 0.2) is 66.7 Å². The standard InChI is InChI=1S/C20H18N4O3/c21-13-2-6-15(7-3-13)23-19(26)12-1-10-17(18(25)11-12)20(27)24-16-8-4-14(22)5-9-16/h1-11,25H,21-22H2,(H,23,26)(H,24,27). The molecule has 3 rings (SSSR count). The lowest BCUT2D eigenvalue weighted by molar-refractivity contribution is 0.101. The van der Waals surface area contributed by atoms with Crippen molar-refractivity contribution in [1.82, 2.24) is 0 Å². The number of rotatable bonds is 4. The molecule has 3 aromatic carbocycles. The second kappa shape index (κ2) is 7.49.